The van der Waals surface area contributed by atoms with Gasteiger partial charge < -0.3 is 5.32 Å². The molecule has 0 fully saturated rings. The first kappa shape index (κ1) is 11.2. The highest BCUT2D eigenvalue weighted by Gasteiger charge is 1.98. The summed E-state index contributed by atoms with van der Waals surface area (Å²) in [6.07, 6.45) is 1.57. The number of nitrogens with one attached hydrogen (secondary N) is 1. The van der Waals surface area contributed by atoms with Crippen LogP contribution in [-0.4, -0.2) is 4.98 Å². The average molecular weight is 223 g/mol. The molecule has 0 unspecified atom stereocenters. The van der Waals surface area contributed by atoms with E-state index in [1.54, 1.807) is 12.3 Å². The third-order valence-corrected chi connectivity index (χ3v) is 2.61. The standard InChI is InChI=1S/C14H13N3/c1-11-4-2-3-5-13(11)10-17-14-7-6-12(8-15)9-16-14/h2-7,9H,10H2,1H3,(H,16,17). The number of nitriles is 1. The molecule has 0 amide bonds. The van der Waals surface area contributed by atoms with E-state index in [1.807, 2.05) is 24.3 Å². The van der Waals surface area contributed by atoms with Crippen LogP contribution in [0.2, 0.25) is 0 Å². The van der Waals surface area contributed by atoms with Gasteiger partial charge in [0, 0.05) is 12.7 Å². The first-order chi connectivity index (χ1) is 8.29. The molecule has 1 aromatic heterocycles. The molecule has 1 N–H and O–H groups in total. The number of hydrogen-bond donors (Lipinski definition) is 1. The highest BCUT2D eigenvalue weighted by atomic mass is 15.0. The maximum Gasteiger partial charge on any atom is 0.126 e. The Hall–Kier alpha value is -2.34. The van der Waals surface area contributed by atoms with Gasteiger partial charge in [0.2, 0.25) is 0 Å². The maximum atomic E-state index is 8.66. The second kappa shape index (κ2) is 5.13. The molecule has 3 heteroatoms. The van der Waals surface area contributed by atoms with Crippen molar-refractivity contribution in [3.63, 3.8) is 0 Å². The number of aryl methyl sites for hydroxylation is 1. The summed E-state index contributed by atoms with van der Waals surface area (Å²) in [6.45, 7) is 2.83. The van der Waals surface area contributed by atoms with E-state index in [0.29, 0.717) is 5.56 Å². The monoisotopic (exact) mass is 223 g/mol. The van der Waals surface area contributed by atoms with E-state index in [0.717, 1.165) is 12.4 Å². The molecule has 2 aromatic rings. The molecule has 0 saturated carbocycles. The Labute approximate surface area is 101 Å². The molecule has 1 heterocycles. The fourth-order valence-corrected chi connectivity index (χ4v) is 1.56. The van der Waals surface area contributed by atoms with E-state index in [2.05, 4.69) is 29.4 Å². The van der Waals surface area contributed by atoms with E-state index in [1.165, 1.54) is 11.1 Å². The fraction of sp³-hybridized carbons (Fsp3) is 0.143. The van der Waals surface area contributed by atoms with Gasteiger partial charge in [-0.2, -0.15) is 5.26 Å². The zero-order valence-electron chi connectivity index (χ0n) is 9.64. The lowest BCUT2D eigenvalue weighted by atomic mass is 10.1. The van der Waals surface area contributed by atoms with Crippen molar-refractivity contribution in [2.45, 2.75) is 13.5 Å². The van der Waals surface area contributed by atoms with Crippen molar-refractivity contribution in [2.75, 3.05) is 5.32 Å². The Morgan fingerprint density at radius 1 is 1.24 bits per heavy atom. The van der Waals surface area contributed by atoms with Crippen LogP contribution in [0.25, 0.3) is 0 Å². The molecule has 0 saturated heterocycles. The van der Waals surface area contributed by atoms with Crippen molar-refractivity contribution in [1.29, 1.82) is 5.26 Å². The number of benzene rings is 1. The number of nitrogens with zero attached hydrogens (tertiary/aromatic N) is 2. The predicted octanol–water partition coefficient (Wildman–Crippen LogP) is 2.87. The summed E-state index contributed by atoms with van der Waals surface area (Å²) < 4.78 is 0. The minimum Gasteiger partial charge on any atom is -0.366 e. The fourth-order valence-electron chi connectivity index (χ4n) is 1.56. The lowest BCUT2D eigenvalue weighted by Crippen LogP contribution is -2.02. The van der Waals surface area contributed by atoms with Crippen LogP contribution in [0.1, 0.15) is 16.7 Å². The molecular formula is C14H13N3. The van der Waals surface area contributed by atoms with Crippen LogP contribution in [0.5, 0.6) is 0 Å². The first-order valence-corrected chi connectivity index (χ1v) is 5.44. The van der Waals surface area contributed by atoms with Gasteiger partial charge >= 0.3 is 0 Å². The quantitative estimate of drug-likeness (QED) is 0.870. The number of hydrogen-bond acceptors (Lipinski definition) is 3. The molecule has 0 aliphatic heterocycles. The first-order valence-electron chi connectivity index (χ1n) is 5.44. The summed E-state index contributed by atoms with van der Waals surface area (Å²) in [5, 5.41) is 11.9. The molecule has 0 aliphatic rings. The number of anilines is 1. The molecule has 0 spiro atoms. The van der Waals surface area contributed by atoms with Gasteiger partial charge in [-0.15, -0.1) is 0 Å². The van der Waals surface area contributed by atoms with Gasteiger partial charge in [-0.05, 0) is 30.2 Å². The predicted molar refractivity (Wildman–Crippen MR) is 67.5 cm³/mol. The van der Waals surface area contributed by atoms with E-state index in [-0.39, 0.29) is 0 Å². The Morgan fingerprint density at radius 2 is 2.06 bits per heavy atom. The van der Waals surface area contributed by atoms with E-state index in [9.17, 15) is 0 Å². The molecule has 0 bridgehead atoms. The number of pyridine rings is 1. The van der Waals surface area contributed by atoms with Crippen LogP contribution in [0.15, 0.2) is 42.6 Å². The van der Waals surface area contributed by atoms with Gasteiger partial charge in [0.1, 0.15) is 11.9 Å². The lowest BCUT2D eigenvalue weighted by Gasteiger charge is -2.07. The van der Waals surface area contributed by atoms with Crippen molar-refractivity contribution in [2.24, 2.45) is 0 Å². The van der Waals surface area contributed by atoms with Crippen molar-refractivity contribution in [1.82, 2.24) is 4.98 Å². The molecule has 0 aliphatic carbocycles. The molecular weight excluding hydrogens is 210 g/mol. The van der Waals surface area contributed by atoms with Crippen LogP contribution in [0.3, 0.4) is 0 Å². The van der Waals surface area contributed by atoms with Gasteiger partial charge in [0.15, 0.2) is 0 Å². The largest absolute Gasteiger partial charge is 0.366 e. The van der Waals surface area contributed by atoms with E-state index >= 15 is 0 Å². The highest BCUT2D eigenvalue weighted by Crippen LogP contribution is 2.10. The summed E-state index contributed by atoms with van der Waals surface area (Å²) in [4.78, 5) is 4.16. The van der Waals surface area contributed by atoms with Crippen LogP contribution >= 0.6 is 0 Å². The summed E-state index contributed by atoms with van der Waals surface area (Å²) >= 11 is 0. The zero-order chi connectivity index (χ0) is 12.1. The molecule has 0 atom stereocenters. The Balaban J connectivity index is 2.03. The smallest absolute Gasteiger partial charge is 0.126 e. The van der Waals surface area contributed by atoms with Gasteiger partial charge in [-0.3, -0.25) is 0 Å². The Bertz CT molecular complexity index is 538. The highest BCUT2D eigenvalue weighted by molar-refractivity contribution is 5.40. The van der Waals surface area contributed by atoms with Crippen LogP contribution in [-0.2, 0) is 6.54 Å². The van der Waals surface area contributed by atoms with E-state index in [4.69, 9.17) is 5.26 Å². The maximum absolute atomic E-state index is 8.66. The zero-order valence-corrected chi connectivity index (χ0v) is 9.64. The molecule has 0 radical (unpaired) electrons. The van der Waals surface area contributed by atoms with Crippen LogP contribution in [0.4, 0.5) is 5.82 Å². The molecule has 1 aromatic carbocycles. The summed E-state index contributed by atoms with van der Waals surface area (Å²) in [5.74, 6) is 0.784. The van der Waals surface area contributed by atoms with Crippen LogP contribution in [0, 0.1) is 18.3 Å². The van der Waals surface area contributed by atoms with Crippen molar-refractivity contribution >= 4 is 5.82 Å². The Morgan fingerprint density at radius 3 is 2.71 bits per heavy atom. The Kier molecular flexibility index (Phi) is 3.37. The number of aromatic nitrogens is 1. The lowest BCUT2D eigenvalue weighted by molar-refractivity contribution is 1.09. The second-order valence-corrected chi connectivity index (χ2v) is 3.82. The molecule has 3 nitrogen and oxygen atoms in total. The van der Waals surface area contributed by atoms with Crippen molar-refractivity contribution < 1.29 is 0 Å². The second-order valence-electron chi connectivity index (χ2n) is 3.82. The van der Waals surface area contributed by atoms with Gasteiger partial charge in [-0.25, -0.2) is 4.98 Å². The molecule has 84 valence electrons. The van der Waals surface area contributed by atoms with Gasteiger partial charge in [0.25, 0.3) is 0 Å². The van der Waals surface area contributed by atoms with Gasteiger partial charge in [0.05, 0.1) is 5.56 Å². The third-order valence-electron chi connectivity index (χ3n) is 2.61. The summed E-state index contributed by atoms with van der Waals surface area (Å²) in [7, 11) is 0. The number of rotatable bonds is 3. The molecule has 17 heavy (non-hydrogen) atoms. The summed E-state index contributed by atoms with van der Waals surface area (Å²) in [5.41, 5.74) is 3.08. The summed E-state index contributed by atoms with van der Waals surface area (Å²) in [6, 6.07) is 13.8. The van der Waals surface area contributed by atoms with E-state index < -0.39 is 0 Å². The van der Waals surface area contributed by atoms with Crippen molar-refractivity contribution in [3.05, 3.63) is 59.3 Å². The minimum absolute atomic E-state index is 0.575. The SMILES string of the molecule is Cc1ccccc1CNc1ccc(C#N)cn1. The normalized spacial score (nSPS) is 9.65. The van der Waals surface area contributed by atoms with Gasteiger partial charge in [-0.1, -0.05) is 24.3 Å². The van der Waals surface area contributed by atoms with Crippen molar-refractivity contribution in [3.8, 4) is 6.07 Å². The minimum atomic E-state index is 0.575. The molecule has 2 rings (SSSR count). The third kappa shape index (κ3) is 2.82. The topological polar surface area (TPSA) is 48.7 Å². The van der Waals surface area contributed by atoms with Crippen LogP contribution < -0.4 is 5.32 Å². The average Bonchev–Trinajstić information content (AvgIpc) is 2.38.